The Morgan fingerprint density at radius 2 is 2.10 bits per heavy atom. The third kappa shape index (κ3) is 1.60. The molecule has 0 spiro atoms. The lowest BCUT2D eigenvalue weighted by atomic mass is 10.4. The van der Waals surface area contributed by atoms with Crippen LogP contribution in [0.2, 0.25) is 0 Å². The van der Waals surface area contributed by atoms with Gasteiger partial charge >= 0.3 is 0 Å². The number of halogens is 1. The van der Waals surface area contributed by atoms with Crippen LogP contribution < -0.4 is 0 Å². The van der Waals surface area contributed by atoms with Gasteiger partial charge in [-0.1, -0.05) is 15.9 Å². The molecule has 4 heteroatoms. The summed E-state index contributed by atoms with van der Waals surface area (Å²) in [7, 11) is 0. The number of hydrogen-bond acceptors (Lipinski definition) is 3. The number of hydrogen-bond donors (Lipinski definition) is 0. The summed E-state index contributed by atoms with van der Waals surface area (Å²) in [5.74, 6) is 0.167. The Morgan fingerprint density at radius 3 is 2.60 bits per heavy atom. The first-order valence-corrected chi connectivity index (χ1v) is 3.83. The second-order valence-electron chi connectivity index (χ2n) is 1.63. The van der Waals surface area contributed by atoms with Crippen LogP contribution in [-0.4, -0.2) is 21.1 Å². The van der Waals surface area contributed by atoms with Gasteiger partial charge in [-0.05, 0) is 6.07 Å². The molecule has 52 valence electrons. The summed E-state index contributed by atoms with van der Waals surface area (Å²) in [6.45, 7) is 0. The first-order valence-electron chi connectivity index (χ1n) is 2.71. The summed E-state index contributed by atoms with van der Waals surface area (Å²) < 4.78 is 0. The van der Waals surface area contributed by atoms with Crippen LogP contribution in [0.3, 0.4) is 0 Å². The monoisotopic (exact) mass is 200 g/mol. The molecule has 3 nitrogen and oxygen atoms in total. The van der Waals surface area contributed by atoms with Crippen LogP contribution in [0.15, 0.2) is 18.5 Å². The Morgan fingerprint density at radius 1 is 1.50 bits per heavy atom. The summed E-state index contributed by atoms with van der Waals surface area (Å²) in [4.78, 5) is 18.4. The highest BCUT2D eigenvalue weighted by Crippen LogP contribution is 1.92. The number of aromatic nitrogens is 2. The quantitative estimate of drug-likeness (QED) is 0.530. The van der Waals surface area contributed by atoms with Crippen molar-refractivity contribution in [1.82, 2.24) is 9.97 Å². The van der Waals surface area contributed by atoms with Crippen LogP contribution >= 0.6 is 15.9 Å². The number of nitrogens with zero attached hydrogens (tertiary/aromatic N) is 2. The Labute approximate surface area is 66.6 Å². The van der Waals surface area contributed by atoms with E-state index in [-0.39, 0.29) is 16.9 Å². The van der Waals surface area contributed by atoms with E-state index in [9.17, 15) is 4.79 Å². The lowest BCUT2D eigenvalue weighted by molar-refractivity contribution is 0.101. The summed E-state index contributed by atoms with van der Waals surface area (Å²) >= 11 is 3.02. The highest BCUT2D eigenvalue weighted by atomic mass is 79.9. The molecule has 0 aliphatic carbocycles. The van der Waals surface area contributed by atoms with E-state index in [0.29, 0.717) is 0 Å². The molecule has 0 bridgehead atoms. The van der Waals surface area contributed by atoms with E-state index in [1.807, 2.05) is 0 Å². The number of carbonyl (C=O) groups excluding carboxylic acids is 1. The largest absolute Gasteiger partial charge is 0.290 e. The zero-order valence-corrected chi connectivity index (χ0v) is 6.71. The number of alkyl halides is 1. The van der Waals surface area contributed by atoms with Crippen molar-refractivity contribution >= 4 is 21.7 Å². The third-order valence-corrected chi connectivity index (χ3v) is 1.45. The molecule has 1 aromatic rings. The number of Topliss-reactive ketones (excluding diaryl/α,β-unsaturated/α-hetero) is 1. The average molecular weight is 201 g/mol. The predicted octanol–water partition coefficient (Wildman–Crippen LogP) is 1.05. The molecule has 1 heterocycles. The average Bonchev–Trinajstić information content (AvgIpc) is 2.05. The van der Waals surface area contributed by atoms with E-state index in [1.165, 1.54) is 0 Å². The molecule has 0 amide bonds. The van der Waals surface area contributed by atoms with Gasteiger partial charge in [0.15, 0.2) is 5.82 Å². The third-order valence-electron chi connectivity index (χ3n) is 0.937. The SMILES string of the molecule is O=C(CBr)c1ncccn1. The van der Waals surface area contributed by atoms with Gasteiger partial charge in [-0.25, -0.2) is 9.97 Å². The Kier molecular flexibility index (Phi) is 2.50. The molecule has 10 heavy (non-hydrogen) atoms. The molecule has 0 atom stereocenters. The standard InChI is InChI=1S/C6H5BrN2O/c7-4-5(10)6-8-2-1-3-9-6/h1-3H,4H2. The highest BCUT2D eigenvalue weighted by Gasteiger charge is 2.03. The Hall–Kier alpha value is -0.770. The molecular formula is C6H5BrN2O. The van der Waals surface area contributed by atoms with Crippen LogP contribution in [0.4, 0.5) is 0 Å². The highest BCUT2D eigenvalue weighted by molar-refractivity contribution is 9.09. The molecule has 0 aliphatic heterocycles. The van der Waals surface area contributed by atoms with Gasteiger partial charge in [-0.15, -0.1) is 0 Å². The topological polar surface area (TPSA) is 42.9 Å². The second kappa shape index (κ2) is 3.41. The summed E-state index contributed by atoms with van der Waals surface area (Å²) in [5.41, 5.74) is 0. The molecular weight excluding hydrogens is 196 g/mol. The van der Waals surface area contributed by atoms with Gasteiger partial charge in [0.2, 0.25) is 5.78 Å². The van der Waals surface area contributed by atoms with Crippen molar-refractivity contribution in [2.75, 3.05) is 5.33 Å². The molecule has 1 aromatic heterocycles. The lowest BCUT2D eigenvalue weighted by Gasteiger charge is -1.90. The Bertz CT molecular complexity index is 224. The fourth-order valence-electron chi connectivity index (χ4n) is 0.503. The van der Waals surface area contributed by atoms with E-state index in [2.05, 4.69) is 25.9 Å². The van der Waals surface area contributed by atoms with Crippen molar-refractivity contribution < 1.29 is 4.79 Å². The fraction of sp³-hybridized carbons (Fsp3) is 0.167. The van der Waals surface area contributed by atoms with Gasteiger partial charge in [-0.2, -0.15) is 0 Å². The molecule has 0 aromatic carbocycles. The minimum Gasteiger partial charge on any atom is -0.290 e. The van der Waals surface area contributed by atoms with E-state index >= 15 is 0 Å². The molecule has 0 N–H and O–H groups in total. The van der Waals surface area contributed by atoms with Gasteiger partial charge < -0.3 is 0 Å². The zero-order valence-electron chi connectivity index (χ0n) is 5.12. The van der Waals surface area contributed by atoms with E-state index in [0.717, 1.165) is 0 Å². The molecule has 0 radical (unpaired) electrons. The predicted molar refractivity (Wildman–Crippen MR) is 40.2 cm³/mol. The molecule has 0 saturated carbocycles. The first-order chi connectivity index (χ1) is 4.84. The second-order valence-corrected chi connectivity index (χ2v) is 2.19. The molecule has 1 rings (SSSR count). The number of rotatable bonds is 2. The Balaban J connectivity index is 2.85. The molecule has 0 aliphatic rings. The maximum atomic E-state index is 10.8. The van der Waals surface area contributed by atoms with Gasteiger partial charge in [-0.3, -0.25) is 4.79 Å². The molecule has 0 fully saturated rings. The van der Waals surface area contributed by atoms with Crippen molar-refractivity contribution in [3.05, 3.63) is 24.3 Å². The van der Waals surface area contributed by atoms with Crippen LogP contribution in [0.25, 0.3) is 0 Å². The number of carbonyl (C=O) groups is 1. The van der Waals surface area contributed by atoms with Crippen molar-refractivity contribution in [3.63, 3.8) is 0 Å². The molecule has 0 unspecified atom stereocenters. The van der Waals surface area contributed by atoms with Crippen molar-refractivity contribution in [2.45, 2.75) is 0 Å². The zero-order chi connectivity index (χ0) is 7.40. The van der Waals surface area contributed by atoms with E-state index < -0.39 is 0 Å². The van der Waals surface area contributed by atoms with E-state index in [4.69, 9.17) is 0 Å². The van der Waals surface area contributed by atoms with Crippen LogP contribution in [-0.2, 0) is 0 Å². The van der Waals surface area contributed by atoms with Gasteiger partial charge in [0, 0.05) is 12.4 Å². The summed E-state index contributed by atoms with van der Waals surface area (Å²) in [6, 6.07) is 1.67. The van der Waals surface area contributed by atoms with Gasteiger partial charge in [0.05, 0.1) is 5.33 Å². The lowest BCUT2D eigenvalue weighted by Crippen LogP contribution is -2.04. The smallest absolute Gasteiger partial charge is 0.210 e. The van der Waals surface area contributed by atoms with Crippen molar-refractivity contribution in [3.8, 4) is 0 Å². The molecule has 0 saturated heterocycles. The van der Waals surface area contributed by atoms with Gasteiger partial charge in [0.25, 0.3) is 0 Å². The maximum absolute atomic E-state index is 10.8. The van der Waals surface area contributed by atoms with Crippen LogP contribution in [0.1, 0.15) is 10.6 Å². The van der Waals surface area contributed by atoms with Crippen molar-refractivity contribution in [1.29, 1.82) is 0 Å². The summed E-state index contributed by atoms with van der Waals surface area (Å²) in [5, 5.41) is 0.275. The van der Waals surface area contributed by atoms with E-state index in [1.54, 1.807) is 18.5 Å². The normalized spacial score (nSPS) is 9.30. The number of ketones is 1. The van der Waals surface area contributed by atoms with Crippen LogP contribution in [0.5, 0.6) is 0 Å². The minimum atomic E-state index is -0.0967. The maximum Gasteiger partial charge on any atom is 0.210 e. The minimum absolute atomic E-state index is 0.0967. The first kappa shape index (κ1) is 7.34. The summed E-state index contributed by atoms with van der Waals surface area (Å²) in [6.07, 6.45) is 3.09. The van der Waals surface area contributed by atoms with Crippen LogP contribution in [0, 0.1) is 0 Å². The van der Waals surface area contributed by atoms with Gasteiger partial charge in [0.1, 0.15) is 0 Å². The fourth-order valence-corrected chi connectivity index (χ4v) is 0.754. The van der Waals surface area contributed by atoms with Crippen molar-refractivity contribution in [2.24, 2.45) is 0 Å².